The van der Waals surface area contributed by atoms with Crippen molar-refractivity contribution in [1.29, 1.82) is 0 Å². The Labute approximate surface area is 371 Å². The number of hydrogen-bond acceptors (Lipinski definition) is 30. The Kier molecular flexibility index (Phi) is 19.3. The highest BCUT2D eigenvalue weighted by atomic mass is 16.8. The number of hydrogen-bond donors (Lipinski definition) is 21. The van der Waals surface area contributed by atoms with Crippen LogP contribution in [0.5, 0.6) is 0 Å². The van der Waals surface area contributed by atoms with Crippen molar-refractivity contribution in [2.75, 3.05) is 33.0 Å². The van der Waals surface area contributed by atoms with Crippen LogP contribution in [0.2, 0.25) is 0 Å². The molecule has 28 atom stereocenters. The van der Waals surface area contributed by atoms with E-state index in [4.69, 9.17) is 42.6 Å². The van der Waals surface area contributed by atoms with Gasteiger partial charge in [-0.3, -0.25) is 0 Å². The molecule has 5 heterocycles. The third-order valence-electron chi connectivity index (χ3n) is 11.9. The average Bonchev–Trinajstić information content (AvgIpc) is 3.29. The van der Waals surface area contributed by atoms with E-state index in [-0.39, 0.29) is 0 Å². The van der Waals surface area contributed by atoms with Crippen LogP contribution in [0.25, 0.3) is 0 Å². The van der Waals surface area contributed by atoms with Crippen LogP contribution >= 0.6 is 0 Å². The zero-order chi connectivity index (χ0) is 49.3. The molecule has 31 nitrogen and oxygen atoms in total. The van der Waals surface area contributed by atoms with Gasteiger partial charge in [-0.05, 0) is 0 Å². The summed E-state index contributed by atoms with van der Waals surface area (Å²) >= 11 is 0. The fraction of sp³-hybridized carbons (Fsp3) is 0.971. The molecule has 0 amide bonds. The van der Waals surface area contributed by atoms with Crippen LogP contribution in [0.4, 0.5) is 0 Å². The molecule has 21 N–H and O–H groups in total. The van der Waals surface area contributed by atoms with E-state index in [1.807, 2.05) is 0 Å². The Morgan fingerprint density at radius 2 is 0.924 bits per heavy atom. The quantitative estimate of drug-likeness (QED) is 0.0606. The van der Waals surface area contributed by atoms with Crippen molar-refractivity contribution in [2.24, 2.45) is 0 Å². The summed E-state index contributed by atoms with van der Waals surface area (Å²) in [6.07, 6.45) is -58.4. The largest absolute Gasteiger partial charge is 0.477 e. The normalized spacial score (nSPS) is 48.9. The Morgan fingerprint density at radius 3 is 1.47 bits per heavy atom. The summed E-state index contributed by atoms with van der Waals surface area (Å²) in [6, 6.07) is 0. The molecule has 5 aliphatic heterocycles. The lowest BCUT2D eigenvalue weighted by Crippen LogP contribution is -2.70. The van der Waals surface area contributed by atoms with E-state index < -0.39 is 217 Å². The van der Waals surface area contributed by atoms with E-state index in [1.165, 1.54) is 0 Å². The lowest BCUT2D eigenvalue weighted by Gasteiger charge is -2.51. The summed E-state index contributed by atoms with van der Waals surface area (Å²) in [5, 5.41) is 220. The van der Waals surface area contributed by atoms with Gasteiger partial charge in [0.15, 0.2) is 25.2 Å². The molecule has 0 aromatic heterocycles. The lowest BCUT2D eigenvalue weighted by atomic mass is 9.91. The molecule has 0 aromatic carbocycles. The summed E-state index contributed by atoms with van der Waals surface area (Å²) in [6.45, 7) is -5.46. The molecular weight excluding hydrogens is 916 g/mol. The van der Waals surface area contributed by atoms with Gasteiger partial charge in [-0.1, -0.05) is 0 Å². The second-order valence-electron chi connectivity index (χ2n) is 16.4. The molecule has 0 aromatic rings. The van der Waals surface area contributed by atoms with Crippen LogP contribution in [0.3, 0.4) is 0 Å². The predicted octanol–water partition coefficient (Wildman–Crippen LogP) is -14.0. The van der Waals surface area contributed by atoms with E-state index in [9.17, 15) is 112 Å². The van der Waals surface area contributed by atoms with E-state index in [2.05, 4.69) is 0 Å². The first-order valence-electron chi connectivity index (χ1n) is 20.4. The molecule has 0 aliphatic carbocycles. The fourth-order valence-electron chi connectivity index (χ4n) is 8.02. The molecule has 0 saturated carbocycles. The minimum absolute atomic E-state index is 0.978. The van der Waals surface area contributed by atoms with E-state index in [0.717, 1.165) is 0 Å². The standard InChI is InChI=1S/C35H60O31/c36-2-8(41)23-17(49)15(47)19(51)30(60-23)58-6-11(44)24-18(50)16(48)21(53)32(61-24)64-28-22(54)33(62-25-7(40)1-35(57,34(55)56)66-27(25)10(43)4-38)63-26(9(42)3-37)29(28)65-31-20(52)14(46)13(45)12(5-39)59-31/h7-33,36-54,57H,1-6H2,(H,55,56)/t7-,8+,9+,10-,11+,12-,13-,14+,15+,16+,17+,18+,19+,20-,21+,22+,23-,24-,25-,26-,27-,28-,29-,30+,31+,32-,33+,35-/m1/s1. The number of carbonyl (C=O) groups is 1. The maximum absolute atomic E-state index is 11.9. The summed E-state index contributed by atoms with van der Waals surface area (Å²) in [4.78, 5) is 11.8. The van der Waals surface area contributed by atoms with Crippen LogP contribution in [0, 0.1) is 0 Å². The number of carboxylic acid groups (broad SMARTS) is 1. The monoisotopic (exact) mass is 976 g/mol. The second kappa shape index (κ2) is 23.0. The molecule has 0 bridgehead atoms. The summed E-state index contributed by atoms with van der Waals surface area (Å²) < 4.78 is 49.8. The predicted molar refractivity (Wildman–Crippen MR) is 196 cm³/mol. The minimum Gasteiger partial charge on any atom is -0.477 e. The summed E-state index contributed by atoms with van der Waals surface area (Å²) in [7, 11) is 0. The number of aliphatic carboxylic acids is 1. The maximum Gasteiger partial charge on any atom is 0.364 e. The highest BCUT2D eigenvalue weighted by Gasteiger charge is 2.59. The Hall–Kier alpha value is -1.69. The van der Waals surface area contributed by atoms with Crippen molar-refractivity contribution < 1.29 is 155 Å². The van der Waals surface area contributed by atoms with Crippen molar-refractivity contribution in [3.63, 3.8) is 0 Å². The van der Waals surface area contributed by atoms with Crippen LogP contribution in [0.1, 0.15) is 6.42 Å². The fourth-order valence-corrected chi connectivity index (χ4v) is 8.02. The second-order valence-corrected chi connectivity index (χ2v) is 16.4. The summed E-state index contributed by atoms with van der Waals surface area (Å²) in [5.41, 5.74) is 0. The van der Waals surface area contributed by atoms with Gasteiger partial charge in [-0.2, -0.15) is 0 Å². The summed E-state index contributed by atoms with van der Waals surface area (Å²) in [5.74, 6) is -5.23. The zero-order valence-electron chi connectivity index (χ0n) is 34.3. The topological polar surface area (TPSA) is 525 Å². The van der Waals surface area contributed by atoms with Gasteiger partial charge in [0.05, 0.1) is 39.1 Å². The van der Waals surface area contributed by atoms with Crippen LogP contribution in [-0.2, 0) is 47.4 Å². The number of ether oxygens (including phenoxy) is 9. The zero-order valence-corrected chi connectivity index (χ0v) is 34.3. The van der Waals surface area contributed by atoms with Crippen molar-refractivity contribution in [3.05, 3.63) is 0 Å². The van der Waals surface area contributed by atoms with Crippen molar-refractivity contribution >= 4 is 5.97 Å². The van der Waals surface area contributed by atoms with Crippen molar-refractivity contribution in [1.82, 2.24) is 0 Å². The first-order valence-corrected chi connectivity index (χ1v) is 20.4. The molecular formula is C35H60O31. The molecule has 0 radical (unpaired) electrons. The number of aliphatic hydroxyl groups excluding tert-OH is 19. The molecule has 5 saturated heterocycles. The van der Waals surface area contributed by atoms with Gasteiger partial charge in [0.25, 0.3) is 5.79 Å². The van der Waals surface area contributed by atoms with E-state index >= 15 is 0 Å². The highest BCUT2D eigenvalue weighted by molar-refractivity contribution is 5.75. The van der Waals surface area contributed by atoms with Gasteiger partial charge in [-0.25, -0.2) is 4.79 Å². The first-order chi connectivity index (χ1) is 31.0. The van der Waals surface area contributed by atoms with E-state index in [1.54, 1.807) is 0 Å². The van der Waals surface area contributed by atoms with Gasteiger partial charge < -0.3 is 150 Å². The molecule has 31 heteroatoms. The molecule has 5 fully saturated rings. The third-order valence-corrected chi connectivity index (χ3v) is 11.9. The minimum atomic E-state index is -3.18. The van der Waals surface area contributed by atoms with Gasteiger partial charge in [0.2, 0.25) is 0 Å². The first kappa shape index (κ1) is 55.2. The lowest BCUT2D eigenvalue weighted by molar-refractivity contribution is -0.405. The number of carboxylic acids is 1. The smallest absolute Gasteiger partial charge is 0.364 e. The number of rotatable bonds is 18. The Balaban J connectivity index is 1.47. The highest BCUT2D eigenvalue weighted by Crippen LogP contribution is 2.38. The van der Waals surface area contributed by atoms with Crippen molar-refractivity contribution in [2.45, 2.75) is 178 Å². The van der Waals surface area contributed by atoms with Gasteiger partial charge >= 0.3 is 5.97 Å². The van der Waals surface area contributed by atoms with Crippen molar-refractivity contribution in [3.8, 4) is 0 Å². The molecule has 0 spiro atoms. The van der Waals surface area contributed by atoms with Gasteiger partial charge in [0.1, 0.15) is 134 Å². The molecule has 386 valence electrons. The van der Waals surface area contributed by atoms with Crippen LogP contribution in [-0.4, -0.2) is 318 Å². The van der Waals surface area contributed by atoms with Gasteiger partial charge in [0, 0.05) is 6.42 Å². The van der Waals surface area contributed by atoms with Crippen LogP contribution < -0.4 is 0 Å². The number of aliphatic hydroxyl groups is 20. The van der Waals surface area contributed by atoms with Gasteiger partial charge in [-0.15, -0.1) is 0 Å². The Bertz CT molecular complexity index is 1520. The molecule has 0 unspecified atom stereocenters. The SMILES string of the molecule is O=C(O)[C@@]1(O)C[C@@H](O)[C@@H](O[C@H]2O[C@H]([C@@H](O)CO)[C@@H](O[C@@H]3O[C@H](CO)[C@@H](O)[C@H](O)[C@H]3O)[C@H](O[C@H]3O[C@H]([C@@H](O)CO[C@H]4O[C@H]([C@@H](O)CO)[C@@H](O)[C@H](O)[C@@H]4O)[C@@H](O)[C@H](O)[C@@H]3O)[C@@H]2O)[C@@H]([C@H](O)CO)O1. The molecule has 5 aliphatic rings. The van der Waals surface area contributed by atoms with E-state index in [0.29, 0.717) is 0 Å². The molecule has 66 heavy (non-hydrogen) atoms. The molecule has 5 rings (SSSR count). The average molecular weight is 977 g/mol. The maximum atomic E-state index is 11.9. The Morgan fingerprint density at radius 1 is 0.500 bits per heavy atom. The van der Waals surface area contributed by atoms with Crippen LogP contribution in [0.15, 0.2) is 0 Å². The third kappa shape index (κ3) is 11.4.